The van der Waals surface area contributed by atoms with Crippen molar-refractivity contribution < 1.29 is 9.90 Å². The number of amides is 1. The number of hydrogen-bond acceptors (Lipinski definition) is 4. The molecule has 1 amide bonds. The maximum absolute atomic E-state index is 11.5. The van der Waals surface area contributed by atoms with Gasteiger partial charge in [0.1, 0.15) is 0 Å². The molecule has 0 aromatic heterocycles. The zero-order valence-electron chi connectivity index (χ0n) is 8.58. The van der Waals surface area contributed by atoms with Gasteiger partial charge in [0.2, 0.25) is 0 Å². The van der Waals surface area contributed by atoms with Gasteiger partial charge < -0.3 is 21.5 Å². The topological polar surface area (TPSA) is 87.4 Å². The van der Waals surface area contributed by atoms with Crippen LogP contribution in [0.2, 0.25) is 0 Å². The fraction of sp³-hybridized carbons (Fsp3) is 0.300. The molecule has 0 unspecified atom stereocenters. The third-order valence-electron chi connectivity index (χ3n) is 1.94. The van der Waals surface area contributed by atoms with Crippen LogP contribution in [0.15, 0.2) is 18.2 Å². The van der Waals surface area contributed by atoms with E-state index >= 15 is 0 Å². The molecule has 0 bridgehead atoms. The molecule has 5 heteroatoms. The van der Waals surface area contributed by atoms with Crippen LogP contribution < -0.4 is 16.4 Å². The lowest BCUT2D eigenvalue weighted by atomic mass is 10.1. The van der Waals surface area contributed by atoms with E-state index in [2.05, 4.69) is 10.6 Å². The first-order chi connectivity index (χ1) is 7.19. The quantitative estimate of drug-likeness (QED) is 0.527. The van der Waals surface area contributed by atoms with Crippen LogP contribution in [0, 0.1) is 0 Å². The van der Waals surface area contributed by atoms with E-state index in [1.165, 1.54) is 0 Å². The van der Waals surface area contributed by atoms with E-state index in [4.69, 9.17) is 10.8 Å². The number of nitrogens with one attached hydrogen (secondary N) is 2. The molecule has 0 atom stereocenters. The summed E-state index contributed by atoms with van der Waals surface area (Å²) in [5, 5.41) is 14.2. The van der Waals surface area contributed by atoms with Gasteiger partial charge >= 0.3 is 0 Å². The summed E-state index contributed by atoms with van der Waals surface area (Å²) < 4.78 is 0. The van der Waals surface area contributed by atoms with Crippen LogP contribution in [0.5, 0.6) is 0 Å². The number of rotatable bonds is 4. The lowest BCUT2D eigenvalue weighted by Crippen LogP contribution is -2.20. The Morgan fingerprint density at radius 3 is 2.87 bits per heavy atom. The maximum atomic E-state index is 11.5. The van der Waals surface area contributed by atoms with Crippen molar-refractivity contribution >= 4 is 17.3 Å². The fourth-order valence-electron chi connectivity index (χ4n) is 1.23. The Balaban J connectivity index is 2.97. The molecule has 0 radical (unpaired) electrons. The van der Waals surface area contributed by atoms with Crippen LogP contribution in [0.3, 0.4) is 0 Å². The molecule has 0 spiro atoms. The van der Waals surface area contributed by atoms with Gasteiger partial charge in [0.25, 0.3) is 5.91 Å². The van der Waals surface area contributed by atoms with Crippen molar-refractivity contribution in [1.29, 1.82) is 0 Å². The molecule has 1 aromatic rings. The summed E-state index contributed by atoms with van der Waals surface area (Å²) in [7, 11) is 1.56. The van der Waals surface area contributed by atoms with Crippen molar-refractivity contribution in [2.75, 3.05) is 31.2 Å². The van der Waals surface area contributed by atoms with E-state index in [-0.39, 0.29) is 12.5 Å². The first-order valence-electron chi connectivity index (χ1n) is 4.65. The number of nitrogens with two attached hydrogens (primary N) is 1. The highest BCUT2D eigenvalue weighted by atomic mass is 16.3. The average Bonchev–Trinajstić information content (AvgIpc) is 2.25. The molecule has 15 heavy (non-hydrogen) atoms. The van der Waals surface area contributed by atoms with E-state index in [1.807, 2.05) is 0 Å². The van der Waals surface area contributed by atoms with Crippen LogP contribution in [-0.4, -0.2) is 31.2 Å². The number of aliphatic hydroxyl groups excluding tert-OH is 1. The molecule has 1 rings (SSSR count). The molecule has 82 valence electrons. The molecular formula is C10H15N3O2. The third kappa shape index (κ3) is 2.85. The zero-order valence-corrected chi connectivity index (χ0v) is 8.58. The predicted molar refractivity (Wildman–Crippen MR) is 59.8 cm³/mol. The molecular weight excluding hydrogens is 194 g/mol. The number of anilines is 2. The second kappa shape index (κ2) is 5.21. The summed E-state index contributed by atoms with van der Waals surface area (Å²) in [4.78, 5) is 11.5. The lowest BCUT2D eigenvalue weighted by molar-refractivity contribution is 0.0964. The Morgan fingerprint density at radius 2 is 2.27 bits per heavy atom. The Hall–Kier alpha value is -1.75. The monoisotopic (exact) mass is 209 g/mol. The highest BCUT2D eigenvalue weighted by molar-refractivity contribution is 6.00. The Bertz CT molecular complexity index is 353. The van der Waals surface area contributed by atoms with Gasteiger partial charge in [0, 0.05) is 25.0 Å². The van der Waals surface area contributed by atoms with Crippen LogP contribution in [0.25, 0.3) is 0 Å². The van der Waals surface area contributed by atoms with Crippen LogP contribution in [-0.2, 0) is 0 Å². The van der Waals surface area contributed by atoms with Crippen LogP contribution in [0.1, 0.15) is 10.4 Å². The summed E-state index contributed by atoms with van der Waals surface area (Å²) in [6, 6.07) is 4.98. The fourth-order valence-corrected chi connectivity index (χ4v) is 1.23. The molecule has 0 aliphatic rings. The van der Waals surface area contributed by atoms with E-state index in [0.717, 1.165) is 0 Å². The number of hydrogen-bond donors (Lipinski definition) is 4. The van der Waals surface area contributed by atoms with Gasteiger partial charge in [-0.1, -0.05) is 0 Å². The minimum absolute atomic E-state index is 0.00197. The molecule has 0 saturated carbocycles. The van der Waals surface area contributed by atoms with E-state index in [1.54, 1.807) is 25.2 Å². The maximum Gasteiger partial charge on any atom is 0.253 e. The van der Waals surface area contributed by atoms with Gasteiger partial charge in [-0.2, -0.15) is 0 Å². The second-order valence-electron chi connectivity index (χ2n) is 3.03. The smallest absolute Gasteiger partial charge is 0.253 e. The summed E-state index contributed by atoms with van der Waals surface area (Å²) in [6.07, 6.45) is 0. The van der Waals surface area contributed by atoms with Crippen molar-refractivity contribution in [3.8, 4) is 0 Å². The number of aliphatic hydroxyl groups is 1. The predicted octanol–water partition coefficient (Wildman–Crippen LogP) is 0.0326. The van der Waals surface area contributed by atoms with Crippen LogP contribution >= 0.6 is 0 Å². The average molecular weight is 209 g/mol. The molecule has 1 aromatic carbocycles. The number of benzene rings is 1. The van der Waals surface area contributed by atoms with Gasteiger partial charge in [-0.25, -0.2) is 0 Å². The second-order valence-corrected chi connectivity index (χ2v) is 3.03. The first kappa shape index (κ1) is 11.3. The van der Waals surface area contributed by atoms with Crippen molar-refractivity contribution in [2.45, 2.75) is 0 Å². The minimum Gasteiger partial charge on any atom is -0.399 e. The van der Waals surface area contributed by atoms with Gasteiger partial charge in [-0.05, 0) is 18.2 Å². The first-order valence-corrected chi connectivity index (χ1v) is 4.65. The standard InChI is InChI=1S/C10H15N3O2/c1-12-10(15)8-3-2-7(11)6-9(8)13-4-5-14/h2-3,6,13-14H,4-5,11H2,1H3,(H,12,15). The van der Waals surface area contributed by atoms with Gasteiger partial charge in [-0.3, -0.25) is 4.79 Å². The van der Waals surface area contributed by atoms with E-state index in [9.17, 15) is 4.79 Å². The van der Waals surface area contributed by atoms with Gasteiger partial charge in [-0.15, -0.1) is 0 Å². The number of carbonyl (C=O) groups excluding carboxylic acids is 1. The van der Waals surface area contributed by atoms with Gasteiger partial charge in [0.15, 0.2) is 0 Å². The Labute approximate surface area is 88.3 Å². The van der Waals surface area contributed by atoms with E-state index in [0.29, 0.717) is 23.5 Å². The summed E-state index contributed by atoms with van der Waals surface area (Å²) in [5.74, 6) is -0.185. The normalized spacial score (nSPS) is 9.73. The SMILES string of the molecule is CNC(=O)c1ccc(N)cc1NCCO. The van der Waals surface area contributed by atoms with Crippen molar-refractivity contribution in [3.05, 3.63) is 23.8 Å². The van der Waals surface area contributed by atoms with E-state index < -0.39 is 0 Å². The van der Waals surface area contributed by atoms with Crippen molar-refractivity contribution in [2.24, 2.45) is 0 Å². The third-order valence-corrected chi connectivity index (χ3v) is 1.94. The Kier molecular flexibility index (Phi) is 3.93. The van der Waals surface area contributed by atoms with Gasteiger partial charge in [0.05, 0.1) is 12.2 Å². The zero-order chi connectivity index (χ0) is 11.3. The number of nitrogen functional groups attached to an aromatic ring is 1. The summed E-state index contributed by atoms with van der Waals surface area (Å²) >= 11 is 0. The lowest BCUT2D eigenvalue weighted by Gasteiger charge is -2.10. The molecule has 5 N–H and O–H groups in total. The molecule has 5 nitrogen and oxygen atoms in total. The highest BCUT2D eigenvalue weighted by Gasteiger charge is 2.09. The summed E-state index contributed by atoms with van der Waals surface area (Å²) in [6.45, 7) is 0.384. The minimum atomic E-state index is -0.185. The molecule has 0 fully saturated rings. The molecule has 0 saturated heterocycles. The molecule has 0 aliphatic heterocycles. The Morgan fingerprint density at radius 1 is 1.53 bits per heavy atom. The van der Waals surface area contributed by atoms with Crippen molar-refractivity contribution in [3.63, 3.8) is 0 Å². The van der Waals surface area contributed by atoms with Crippen LogP contribution in [0.4, 0.5) is 11.4 Å². The summed E-state index contributed by atoms with van der Waals surface area (Å²) in [5.41, 5.74) is 7.32. The number of carbonyl (C=O) groups is 1. The highest BCUT2D eigenvalue weighted by Crippen LogP contribution is 2.18. The van der Waals surface area contributed by atoms with Crippen molar-refractivity contribution in [1.82, 2.24) is 5.32 Å². The molecule has 0 aliphatic carbocycles. The molecule has 0 heterocycles. The largest absolute Gasteiger partial charge is 0.399 e.